The smallest absolute Gasteiger partial charge is 0.323 e. The normalized spacial score (nSPS) is 11.0. The number of carbonyl (C=O) groups excluding carboxylic acids is 4. The minimum atomic E-state index is -1.63. The van der Waals surface area contributed by atoms with Gasteiger partial charge >= 0.3 is 23.9 Å². The Hall–Kier alpha value is -2.12. The number of hydrogen-bond acceptors (Lipinski definition) is 8. The summed E-state index contributed by atoms with van der Waals surface area (Å²) in [4.78, 5) is 49.5. The third kappa shape index (κ3) is 7.19. The Balaban J connectivity index is 5.69. The van der Waals surface area contributed by atoms with Gasteiger partial charge in [0.05, 0.1) is 26.4 Å². The lowest BCUT2D eigenvalue weighted by Crippen LogP contribution is -2.43. The molecule has 0 aromatic rings. The van der Waals surface area contributed by atoms with Gasteiger partial charge in [0.2, 0.25) is 0 Å². The van der Waals surface area contributed by atoms with Crippen LogP contribution in [0.3, 0.4) is 0 Å². The molecule has 8 nitrogen and oxygen atoms in total. The van der Waals surface area contributed by atoms with Gasteiger partial charge in [-0.3, -0.25) is 19.2 Å². The molecule has 0 aromatic carbocycles. The van der Waals surface area contributed by atoms with Crippen LogP contribution in [0.15, 0.2) is 0 Å². The van der Waals surface area contributed by atoms with Crippen molar-refractivity contribution in [2.45, 2.75) is 53.4 Å². The number of carbonyl (C=O) groups is 4. The average Bonchev–Trinajstić information content (AvgIpc) is 2.61. The van der Waals surface area contributed by atoms with Gasteiger partial charge in [0, 0.05) is 0 Å². The Labute approximate surface area is 160 Å². The summed E-state index contributed by atoms with van der Waals surface area (Å²) in [5, 5.41) is 0. The van der Waals surface area contributed by atoms with Crippen LogP contribution < -0.4 is 0 Å². The fourth-order valence-electron chi connectivity index (χ4n) is 2.67. The van der Waals surface area contributed by atoms with Crippen molar-refractivity contribution in [2.75, 3.05) is 26.4 Å². The van der Waals surface area contributed by atoms with E-state index in [0.29, 0.717) is 0 Å². The van der Waals surface area contributed by atoms with Crippen molar-refractivity contribution in [3.05, 3.63) is 6.92 Å². The molecule has 0 heterocycles. The number of ether oxygens (including phenoxy) is 4. The Morgan fingerprint density at radius 1 is 0.741 bits per heavy atom. The molecule has 0 saturated heterocycles. The highest BCUT2D eigenvalue weighted by atomic mass is 16.6. The standard InChI is InChI=1S/C19H31O8/c1-6-12-19(17(22)26-9-4,18(23)27-10-5)13-11-14(15(20)24-7-2)16(21)25-8-3/h14H,1,6-13H2,2-5H3. The van der Waals surface area contributed by atoms with Gasteiger partial charge in [-0.05, 0) is 47.0 Å². The van der Waals surface area contributed by atoms with Gasteiger partial charge < -0.3 is 18.9 Å². The van der Waals surface area contributed by atoms with Crippen molar-refractivity contribution >= 4 is 23.9 Å². The van der Waals surface area contributed by atoms with Crippen LogP contribution >= 0.6 is 0 Å². The van der Waals surface area contributed by atoms with Crippen LogP contribution in [0.25, 0.3) is 0 Å². The fourth-order valence-corrected chi connectivity index (χ4v) is 2.67. The monoisotopic (exact) mass is 387 g/mol. The molecule has 0 bridgehead atoms. The highest BCUT2D eigenvalue weighted by Gasteiger charge is 2.49. The number of hydrogen-bond donors (Lipinski definition) is 0. The third-order valence-electron chi connectivity index (χ3n) is 3.94. The quantitative estimate of drug-likeness (QED) is 0.269. The first-order chi connectivity index (χ1) is 12.8. The zero-order valence-electron chi connectivity index (χ0n) is 16.7. The van der Waals surface area contributed by atoms with Gasteiger partial charge in [-0.25, -0.2) is 0 Å². The van der Waals surface area contributed by atoms with E-state index in [1.165, 1.54) is 0 Å². The van der Waals surface area contributed by atoms with Crippen molar-refractivity contribution in [3.63, 3.8) is 0 Å². The van der Waals surface area contributed by atoms with E-state index in [9.17, 15) is 19.2 Å². The first kappa shape index (κ1) is 24.9. The first-order valence-electron chi connectivity index (χ1n) is 9.31. The summed E-state index contributed by atoms with van der Waals surface area (Å²) in [5.41, 5.74) is -1.63. The molecule has 0 rings (SSSR count). The molecule has 0 spiro atoms. The van der Waals surface area contributed by atoms with Gasteiger partial charge in [-0.1, -0.05) is 13.3 Å². The van der Waals surface area contributed by atoms with Crippen LogP contribution in [-0.2, 0) is 38.1 Å². The first-order valence-corrected chi connectivity index (χ1v) is 9.31. The summed E-state index contributed by atoms with van der Waals surface area (Å²) in [6.45, 7) is 10.5. The van der Waals surface area contributed by atoms with Crippen LogP contribution in [0.1, 0.15) is 53.4 Å². The predicted octanol–water partition coefficient (Wildman–Crippen LogP) is 2.24. The second-order valence-electron chi connectivity index (χ2n) is 5.72. The molecular formula is C19H31O8. The molecule has 0 atom stereocenters. The van der Waals surface area contributed by atoms with E-state index in [4.69, 9.17) is 18.9 Å². The number of esters is 4. The van der Waals surface area contributed by atoms with Crippen LogP contribution in [0, 0.1) is 18.3 Å². The van der Waals surface area contributed by atoms with E-state index < -0.39 is 35.2 Å². The van der Waals surface area contributed by atoms with E-state index in [0.717, 1.165) is 0 Å². The molecule has 1 radical (unpaired) electrons. The summed E-state index contributed by atoms with van der Waals surface area (Å²) >= 11 is 0. The van der Waals surface area contributed by atoms with Gasteiger partial charge in [0.1, 0.15) is 0 Å². The van der Waals surface area contributed by atoms with Crippen molar-refractivity contribution < 1.29 is 38.1 Å². The van der Waals surface area contributed by atoms with Crippen LogP contribution in [-0.4, -0.2) is 50.3 Å². The summed E-state index contributed by atoms with van der Waals surface area (Å²) in [7, 11) is 0. The van der Waals surface area contributed by atoms with E-state index in [2.05, 4.69) is 6.92 Å². The van der Waals surface area contributed by atoms with Crippen molar-refractivity contribution in [3.8, 4) is 0 Å². The minimum Gasteiger partial charge on any atom is -0.465 e. The lowest BCUT2D eigenvalue weighted by molar-refractivity contribution is -0.176. The molecule has 27 heavy (non-hydrogen) atoms. The highest BCUT2D eigenvalue weighted by Crippen LogP contribution is 2.35. The summed E-state index contributed by atoms with van der Waals surface area (Å²) in [6, 6.07) is 0. The van der Waals surface area contributed by atoms with Crippen molar-refractivity contribution in [1.29, 1.82) is 0 Å². The largest absolute Gasteiger partial charge is 0.465 e. The Kier molecular flexibility index (Phi) is 12.1. The molecule has 0 aromatic heterocycles. The molecule has 0 unspecified atom stereocenters. The maximum atomic E-state index is 12.6. The SMILES string of the molecule is [CH2]CCC(CCC(C(=O)OCC)C(=O)OCC)(C(=O)OCC)C(=O)OCC. The lowest BCUT2D eigenvalue weighted by atomic mass is 9.77. The molecule has 0 aliphatic carbocycles. The zero-order chi connectivity index (χ0) is 20.9. The summed E-state index contributed by atoms with van der Waals surface area (Å²) < 4.78 is 20.0. The molecule has 0 fully saturated rings. The van der Waals surface area contributed by atoms with Crippen LogP contribution in [0.4, 0.5) is 0 Å². The summed E-state index contributed by atoms with van der Waals surface area (Å²) in [6.07, 6.45) is 0.0991. The van der Waals surface area contributed by atoms with Gasteiger partial charge in [-0.15, -0.1) is 0 Å². The van der Waals surface area contributed by atoms with E-state index in [-0.39, 0.29) is 52.1 Å². The van der Waals surface area contributed by atoms with Gasteiger partial charge in [-0.2, -0.15) is 0 Å². The van der Waals surface area contributed by atoms with E-state index in [1.54, 1.807) is 27.7 Å². The molecule has 0 amide bonds. The fraction of sp³-hybridized carbons (Fsp3) is 0.737. The summed E-state index contributed by atoms with van der Waals surface area (Å²) in [5.74, 6) is -4.26. The molecule has 0 aliphatic heterocycles. The predicted molar refractivity (Wildman–Crippen MR) is 96.3 cm³/mol. The van der Waals surface area contributed by atoms with Gasteiger partial charge in [0.25, 0.3) is 0 Å². The van der Waals surface area contributed by atoms with Gasteiger partial charge in [0.15, 0.2) is 11.3 Å². The van der Waals surface area contributed by atoms with Crippen LogP contribution in [0.5, 0.6) is 0 Å². The molecule has 0 saturated carbocycles. The van der Waals surface area contributed by atoms with E-state index in [1.807, 2.05) is 0 Å². The molecule has 0 N–H and O–H groups in total. The molecular weight excluding hydrogens is 356 g/mol. The highest BCUT2D eigenvalue weighted by molar-refractivity contribution is 6.00. The topological polar surface area (TPSA) is 105 Å². The maximum absolute atomic E-state index is 12.6. The third-order valence-corrected chi connectivity index (χ3v) is 3.94. The maximum Gasteiger partial charge on any atom is 0.323 e. The van der Waals surface area contributed by atoms with E-state index >= 15 is 0 Å². The van der Waals surface area contributed by atoms with Crippen molar-refractivity contribution in [1.82, 2.24) is 0 Å². The number of rotatable bonds is 13. The second-order valence-corrected chi connectivity index (χ2v) is 5.72. The Morgan fingerprint density at radius 3 is 1.48 bits per heavy atom. The zero-order valence-corrected chi connectivity index (χ0v) is 16.7. The molecule has 8 heteroatoms. The average molecular weight is 387 g/mol. The van der Waals surface area contributed by atoms with Crippen LogP contribution in [0.2, 0.25) is 0 Å². The van der Waals surface area contributed by atoms with Crippen molar-refractivity contribution in [2.24, 2.45) is 11.3 Å². The Bertz CT molecular complexity index is 464. The lowest BCUT2D eigenvalue weighted by Gasteiger charge is -2.29. The minimum absolute atomic E-state index is 0.0725. The Morgan fingerprint density at radius 2 is 1.15 bits per heavy atom. The molecule has 155 valence electrons. The molecule has 0 aliphatic rings. The second kappa shape index (κ2) is 13.1.